The van der Waals surface area contributed by atoms with E-state index in [1.165, 1.54) is 0 Å². The molecule has 6 heteroatoms. The second kappa shape index (κ2) is 6.42. The number of benzene rings is 1. The molecule has 1 aromatic heterocycles. The molecular weight excluding hydrogens is 294 g/mol. The first kappa shape index (κ1) is 15.6. The van der Waals surface area contributed by atoms with Gasteiger partial charge in [-0.2, -0.15) is 0 Å². The summed E-state index contributed by atoms with van der Waals surface area (Å²) in [6.45, 7) is 4.03. The van der Waals surface area contributed by atoms with Crippen LogP contribution in [0.5, 0.6) is 11.5 Å². The Bertz CT molecular complexity index is 770. The van der Waals surface area contributed by atoms with Crippen molar-refractivity contribution in [1.82, 2.24) is 14.9 Å². The molecule has 0 atom stereocenters. The Morgan fingerprint density at radius 2 is 2.13 bits per heavy atom. The lowest BCUT2D eigenvalue weighted by molar-refractivity contribution is 0.236. The zero-order valence-corrected chi connectivity index (χ0v) is 13.7. The van der Waals surface area contributed by atoms with Gasteiger partial charge in [0.2, 0.25) is 0 Å². The molecule has 0 aliphatic carbocycles. The van der Waals surface area contributed by atoms with Gasteiger partial charge in [-0.1, -0.05) is 0 Å². The standard InChI is InChI=1S/C17H21N3O3/c1-11-18-15-10-20(7-6-14(15)17(21)19-11)9-12-8-13(22-2)4-5-16(12)23-3/h4-5,8H,6-7,9-10H2,1-3H3,(H,18,19,21). The summed E-state index contributed by atoms with van der Waals surface area (Å²) in [6, 6.07) is 5.79. The third-order valence-corrected chi connectivity index (χ3v) is 4.15. The van der Waals surface area contributed by atoms with E-state index in [1.807, 2.05) is 25.1 Å². The largest absolute Gasteiger partial charge is 0.497 e. The molecule has 0 saturated carbocycles. The number of hydrogen-bond acceptors (Lipinski definition) is 5. The third-order valence-electron chi connectivity index (χ3n) is 4.15. The van der Waals surface area contributed by atoms with Crippen molar-refractivity contribution in [2.24, 2.45) is 0 Å². The van der Waals surface area contributed by atoms with E-state index in [0.717, 1.165) is 41.4 Å². The number of aromatic nitrogens is 2. The molecule has 1 N–H and O–H groups in total. The van der Waals surface area contributed by atoms with Gasteiger partial charge >= 0.3 is 0 Å². The molecule has 0 fully saturated rings. The summed E-state index contributed by atoms with van der Waals surface area (Å²) in [5.74, 6) is 2.31. The van der Waals surface area contributed by atoms with Gasteiger partial charge < -0.3 is 14.5 Å². The van der Waals surface area contributed by atoms with Gasteiger partial charge in [0.25, 0.3) is 5.56 Å². The quantitative estimate of drug-likeness (QED) is 0.929. The second-order valence-corrected chi connectivity index (χ2v) is 5.72. The van der Waals surface area contributed by atoms with E-state index in [1.54, 1.807) is 14.2 Å². The minimum atomic E-state index is -0.00823. The molecule has 1 aliphatic rings. The monoisotopic (exact) mass is 315 g/mol. The van der Waals surface area contributed by atoms with E-state index in [4.69, 9.17) is 9.47 Å². The van der Waals surface area contributed by atoms with Crippen LogP contribution in [0.25, 0.3) is 0 Å². The molecule has 0 spiro atoms. The van der Waals surface area contributed by atoms with Crippen LogP contribution in [0.2, 0.25) is 0 Å². The van der Waals surface area contributed by atoms with Crippen LogP contribution in [0, 0.1) is 6.92 Å². The molecule has 2 heterocycles. The molecule has 2 aromatic rings. The Morgan fingerprint density at radius 1 is 1.30 bits per heavy atom. The number of hydrogen-bond donors (Lipinski definition) is 1. The van der Waals surface area contributed by atoms with Crippen LogP contribution >= 0.6 is 0 Å². The lowest BCUT2D eigenvalue weighted by Gasteiger charge is -2.28. The van der Waals surface area contributed by atoms with Crippen LogP contribution in [-0.4, -0.2) is 35.6 Å². The SMILES string of the molecule is COc1ccc(OC)c(CN2CCc3c(nc(C)[nH]c3=O)C2)c1. The number of methoxy groups -OCH3 is 2. The first-order valence-electron chi connectivity index (χ1n) is 7.62. The van der Waals surface area contributed by atoms with Crippen molar-refractivity contribution >= 4 is 0 Å². The number of nitrogens with zero attached hydrogens (tertiary/aromatic N) is 2. The highest BCUT2D eigenvalue weighted by Crippen LogP contribution is 2.26. The molecule has 3 rings (SSSR count). The van der Waals surface area contributed by atoms with E-state index < -0.39 is 0 Å². The fourth-order valence-corrected chi connectivity index (χ4v) is 3.00. The highest BCUT2D eigenvalue weighted by Gasteiger charge is 2.21. The number of H-pyrrole nitrogens is 1. The maximum absolute atomic E-state index is 12.0. The van der Waals surface area contributed by atoms with E-state index >= 15 is 0 Å². The number of ether oxygens (including phenoxy) is 2. The smallest absolute Gasteiger partial charge is 0.254 e. The fourth-order valence-electron chi connectivity index (χ4n) is 3.00. The normalized spacial score (nSPS) is 14.4. The van der Waals surface area contributed by atoms with Crippen molar-refractivity contribution in [2.45, 2.75) is 26.4 Å². The van der Waals surface area contributed by atoms with Crippen LogP contribution in [-0.2, 0) is 19.5 Å². The van der Waals surface area contributed by atoms with Crippen LogP contribution in [0.4, 0.5) is 0 Å². The van der Waals surface area contributed by atoms with Crippen molar-refractivity contribution in [3.05, 3.63) is 51.2 Å². The minimum Gasteiger partial charge on any atom is -0.497 e. The average molecular weight is 315 g/mol. The molecule has 0 unspecified atom stereocenters. The zero-order valence-electron chi connectivity index (χ0n) is 13.7. The Kier molecular flexibility index (Phi) is 4.34. The first-order chi connectivity index (χ1) is 11.1. The van der Waals surface area contributed by atoms with Crippen LogP contribution in [0.15, 0.2) is 23.0 Å². The van der Waals surface area contributed by atoms with E-state index in [0.29, 0.717) is 18.8 Å². The lowest BCUT2D eigenvalue weighted by atomic mass is 10.1. The van der Waals surface area contributed by atoms with E-state index in [9.17, 15) is 4.79 Å². The van der Waals surface area contributed by atoms with Gasteiger partial charge in [0.1, 0.15) is 17.3 Å². The third kappa shape index (κ3) is 3.22. The molecule has 0 saturated heterocycles. The summed E-state index contributed by atoms with van der Waals surface area (Å²) >= 11 is 0. The Hall–Kier alpha value is -2.34. The van der Waals surface area contributed by atoms with Crippen molar-refractivity contribution in [3.8, 4) is 11.5 Å². The van der Waals surface area contributed by atoms with E-state index in [-0.39, 0.29) is 5.56 Å². The van der Waals surface area contributed by atoms with Crippen molar-refractivity contribution in [2.75, 3.05) is 20.8 Å². The topological polar surface area (TPSA) is 67.5 Å². The summed E-state index contributed by atoms with van der Waals surface area (Å²) in [5, 5.41) is 0. The fraction of sp³-hybridized carbons (Fsp3) is 0.412. The Morgan fingerprint density at radius 3 is 2.87 bits per heavy atom. The number of aryl methyl sites for hydroxylation is 1. The van der Waals surface area contributed by atoms with Crippen molar-refractivity contribution in [1.29, 1.82) is 0 Å². The number of nitrogens with one attached hydrogen (secondary N) is 1. The van der Waals surface area contributed by atoms with Gasteiger partial charge in [-0.3, -0.25) is 9.69 Å². The Labute approximate surface area is 135 Å². The molecular formula is C17H21N3O3. The van der Waals surface area contributed by atoms with Gasteiger partial charge in [-0.15, -0.1) is 0 Å². The molecule has 0 amide bonds. The summed E-state index contributed by atoms with van der Waals surface area (Å²) in [5.41, 5.74) is 2.74. The molecule has 122 valence electrons. The molecule has 1 aromatic carbocycles. The lowest BCUT2D eigenvalue weighted by Crippen LogP contribution is -2.35. The predicted octanol–water partition coefficient (Wildman–Crippen LogP) is 1.65. The maximum Gasteiger partial charge on any atom is 0.254 e. The maximum atomic E-state index is 12.0. The molecule has 0 radical (unpaired) electrons. The highest BCUT2D eigenvalue weighted by atomic mass is 16.5. The molecule has 0 bridgehead atoms. The summed E-state index contributed by atoms with van der Waals surface area (Å²) in [7, 11) is 3.32. The zero-order chi connectivity index (χ0) is 16.4. The summed E-state index contributed by atoms with van der Waals surface area (Å²) in [6.07, 6.45) is 0.713. The Balaban J connectivity index is 1.84. The van der Waals surface area contributed by atoms with Gasteiger partial charge in [0.15, 0.2) is 0 Å². The van der Waals surface area contributed by atoms with Crippen molar-refractivity contribution in [3.63, 3.8) is 0 Å². The van der Waals surface area contributed by atoms with Gasteiger partial charge in [0, 0.05) is 30.8 Å². The summed E-state index contributed by atoms with van der Waals surface area (Å²) in [4.78, 5) is 21.5. The van der Waals surface area contributed by atoms with E-state index in [2.05, 4.69) is 14.9 Å². The summed E-state index contributed by atoms with van der Waals surface area (Å²) < 4.78 is 10.7. The number of rotatable bonds is 4. The van der Waals surface area contributed by atoms with Crippen LogP contribution < -0.4 is 15.0 Å². The van der Waals surface area contributed by atoms with Crippen LogP contribution in [0.1, 0.15) is 22.6 Å². The van der Waals surface area contributed by atoms with Gasteiger partial charge in [-0.05, 0) is 31.5 Å². The average Bonchev–Trinajstić information content (AvgIpc) is 2.54. The number of fused-ring (bicyclic) bond motifs is 1. The van der Waals surface area contributed by atoms with Crippen molar-refractivity contribution < 1.29 is 9.47 Å². The molecule has 1 aliphatic heterocycles. The van der Waals surface area contributed by atoms with Crippen LogP contribution in [0.3, 0.4) is 0 Å². The minimum absolute atomic E-state index is 0.00823. The highest BCUT2D eigenvalue weighted by molar-refractivity contribution is 5.40. The number of aromatic amines is 1. The first-order valence-corrected chi connectivity index (χ1v) is 7.62. The van der Waals surface area contributed by atoms with Gasteiger partial charge in [0.05, 0.1) is 19.9 Å². The molecule has 6 nitrogen and oxygen atoms in total. The molecule has 23 heavy (non-hydrogen) atoms. The second-order valence-electron chi connectivity index (χ2n) is 5.72. The van der Waals surface area contributed by atoms with Gasteiger partial charge in [-0.25, -0.2) is 4.98 Å². The predicted molar refractivity (Wildman–Crippen MR) is 87.0 cm³/mol.